The molecule has 1 aromatic carbocycles. The first-order chi connectivity index (χ1) is 13.3. The van der Waals surface area contributed by atoms with Gasteiger partial charge in [0.2, 0.25) is 0 Å². The number of furan rings is 1. The number of carboxylic acids is 1. The second-order valence-electron chi connectivity index (χ2n) is 6.01. The summed E-state index contributed by atoms with van der Waals surface area (Å²) in [4.78, 5) is 48.3. The first-order valence-corrected chi connectivity index (χ1v) is 8.26. The van der Waals surface area contributed by atoms with Gasteiger partial charge >= 0.3 is 12.0 Å². The summed E-state index contributed by atoms with van der Waals surface area (Å²) < 4.78 is 5.68. The molecule has 8 heteroatoms. The standard InChI is InChI=1S/C20H16N2O6/c1-3-9-22-18(24)15(17(23)21-20(22)27)10-12-7-8-16(28-12)13-5-4-6-14(11(13)2)19(25)26/h3-8,10H,1,9H2,2H3,(H,25,26)(H,21,23,27)/b15-10+. The molecular formula is C20H16N2O6. The van der Waals surface area contributed by atoms with E-state index in [1.54, 1.807) is 31.2 Å². The molecule has 0 aliphatic carbocycles. The van der Waals surface area contributed by atoms with Crippen molar-refractivity contribution in [1.82, 2.24) is 10.2 Å². The van der Waals surface area contributed by atoms with E-state index < -0.39 is 23.8 Å². The van der Waals surface area contributed by atoms with Crippen LogP contribution in [-0.2, 0) is 9.59 Å². The molecular weight excluding hydrogens is 364 g/mol. The number of amides is 4. The van der Waals surface area contributed by atoms with Crippen molar-refractivity contribution in [1.29, 1.82) is 0 Å². The van der Waals surface area contributed by atoms with Crippen molar-refractivity contribution in [2.45, 2.75) is 6.92 Å². The van der Waals surface area contributed by atoms with E-state index in [0.29, 0.717) is 16.9 Å². The Labute approximate surface area is 159 Å². The number of benzene rings is 1. The molecule has 8 nitrogen and oxygen atoms in total. The van der Waals surface area contributed by atoms with E-state index in [1.807, 2.05) is 0 Å². The minimum atomic E-state index is -1.05. The van der Waals surface area contributed by atoms with Crippen molar-refractivity contribution in [3.8, 4) is 11.3 Å². The van der Waals surface area contributed by atoms with Crippen LogP contribution >= 0.6 is 0 Å². The average molecular weight is 380 g/mol. The fourth-order valence-corrected chi connectivity index (χ4v) is 2.84. The Morgan fingerprint density at radius 2 is 2.00 bits per heavy atom. The highest BCUT2D eigenvalue weighted by atomic mass is 16.4. The number of rotatable bonds is 5. The highest BCUT2D eigenvalue weighted by Crippen LogP contribution is 2.28. The van der Waals surface area contributed by atoms with Crippen molar-refractivity contribution in [3.63, 3.8) is 0 Å². The van der Waals surface area contributed by atoms with Crippen LogP contribution in [0.5, 0.6) is 0 Å². The zero-order valence-corrected chi connectivity index (χ0v) is 14.9. The molecule has 0 saturated carbocycles. The predicted octanol–water partition coefficient (Wildman–Crippen LogP) is 2.60. The van der Waals surface area contributed by atoms with E-state index in [-0.39, 0.29) is 23.4 Å². The lowest BCUT2D eigenvalue weighted by Crippen LogP contribution is -2.54. The van der Waals surface area contributed by atoms with Gasteiger partial charge in [0.1, 0.15) is 17.1 Å². The first-order valence-electron chi connectivity index (χ1n) is 8.26. The molecule has 0 atom stereocenters. The van der Waals surface area contributed by atoms with E-state index in [9.17, 15) is 24.3 Å². The Kier molecular flexibility index (Phi) is 4.95. The SMILES string of the molecule is C=CCN1C(=O)NC(=O)/C(=C\c2ccc(-c3cccc(C(=O)O)c3C)o2)C1=O. The molecule has 2 heterocycles. The summed E-state index contributed by atoms with van der Waals surface area (Å²) in [6.07, 6.45) is 2.61. The number of hydrogen-bond donors (Lipinski definition) is 2. The van der Waals surface area contributed by atoms with Gasteiger partial charge in [-0.15, -0.1) is 6.58 Å². The van der Waals surface area contributed by atoms with Gasteiger partial charge in [0, 0.05) is 12.1 Å². The van der Waals surface area contributed by atoms with Crippen LogP contribution in [0.3, 0.4) is 0 Å². The number of imide groups is 2. The molecule has 1 saturated heterocycles. The summed E-state index contributed by atoms with van der Waals surface area (Å²) >= 11 is 0. The second-order valence-corrected chi connectivity index (χ2v) is 6.01. The van der Waals surface area contributed by atoms with Crippen LogP contribution in [0.2, 0.25) is 0 Å². The van der Waals surface area contributed by atoms with Crippen molar-refractivity contribution in [2.24, 2.45) is 0 Å². The van der Waals surface area contributed by atoms with E-state index >= 15 is 0 Å². The number of hydrogen-bond acceptors (Lipinski definition) is 5. The Morgan fingerprint density at radius 1 is 1.25 bits per heavy atom. The number of carbonyl (C=O) groups excluding carboxylic acids is 3. The Morgan fingerprint density at radius 3 is 2.68 bits per heavy atom. The van der Waals surface area contributed by atoms with E-state index in [4.69, 9.17) is 4.42 Å². The topological polar surface area (TPSA) is 117 Å². The van der Waals surface area contributed by atoms with Crippen LogP contribution in [0.4, 0.5) is 4.79 Å². The lowest BCUT2D eigenvalue weighted by atomic mass is 10.0. The molecule has 1 fully saturated rings. The predicted molar refractivity (Wildman–Crippen MR) is 99.3 cm³/mol. The van der Waals surface area contributed by atoms with Crippen molar-refractivity contribution < 1.29 is 28.7 Å². The molecule has 0 radical (unpaired) electrons. The van der Waals surface area contributed by atoms with Gasteiger partial charge < -0.3 is 9.52 Å². The highest BCUT2D eigenvalue weighted by molar-refractivity contribution is 6.30. The van der Waals surface area contributed by atoms with E-state index in [0.717, 1.165) is 4.90 Å². The molecule has 1 aromatic heterocycles. The zero-order chi connectivity index (χ0) is 20.4. The van der Waals surface area contributed by atoms with Gasteiger partial charge in [-0.25, -0.2) is 9.59 Å². The average Bonchev–Trinajstić information content (AvgIpc) is 3.10. The monoisotopic (exact) mass is 380 g/mol. The summed E-state index contributed by atoms with van der Waals surface area (Å²) in [6, 6.07) is 7.14. The minimum Gasteiger partial charge on any atom is -0.478 e. The van der Waals surface area contributed by atoms with Crippen LogP contribution in [0.1, 0.15) is 21.7 Å². The van der Waals surface area contributed by atoms with Crippen LogP contribution in [0.25, 0.3) is 17.4 Å². The summed E-state index contributed by atoms with van der Waals surface area (Å²) in [5, 5.41) is 11.3. The number of barbiturate groups is 1. The number of aromatic carboxylic acids is 1. The molecule has 3 rings (SSSR count). The smallest absolute Gasteiger partial charge is 0.335 e. The molecule has 0 spiro atoms. The van der Waals surface area contributed by atoms with E-state index in [2.05, 4.69) is 11.9 Å². The van der Waals surface area contributed by atoms with Crippen molar-refractivity contribution >= 4 is 29.9 Å². The third-order valence-electron chi connectivity index (χ3n) is 4.24. The normalized spacial score (nSPS) is 15.7. The molecule has 1 aliphatic heterocycles. The molecule has 0 unspecified atom stereocenters. The largest absolute Gasteiger partial charge is 0.478 e. The Hall–Kier alpha value is -3.94. The maximum absolute atomic E-state index is 12.4. The number of carbonyl (C=O) groups is 4. The summed E-state index contributed by atoms with van der Waals surface area (Å²) in [5.41, 5.74) is 0.998. The lowest BCUT2D eigenvalue weighted by Gasteiger charge is -2.24. The van der Waals surface area contributed by atoms with Gasteiger partial charge in [0.25, 0.3) is 11.8 Å². The summed E-state index contributed by atoms with van der Waals surface area (Å²) in [7, 11) is 0. The molecule has 1 aliphatic rings. The molecule has 2 N–H and O–H groups in total. The maximum Gasteiger partial charge on any atom is 0.335 e. The highest BCUT2D eigenvalue weighted by Gasteiger charge is 2.35. The van der Waals surface area contributed by atoms with Crippen molar-refractivity contribution in [3.05, 3.63) is 65.4 Å². The number of nitrogens with one attached hydrogen (secondary N) is 1. The van der Waals surface area contributed by atoms with Crippen LogP contribution in [-0.4, -0.2) is 40.4 Å². The maximum atomic E-state index is 12.4. The zero-order valence-electron chi connectivity index (χ0n) is 14.9. The number of nitrogens with zero attached hydrogens (tertiary/aromatic N) is 1. The fraction of sp³-hybridized carbons (Fsp3) is 0.100. The number of urea groups is 1. The lowest BCUT2D eigenvalue weighted by molar-refractivity contribution is -0.129. The van der Waals surface area contributed by atoms with Gasteiger partial charge in [0.15, 0.2) is 0 Å². The molecule has 142 valence electrons. The summed E-state index contributed by atoms with van der Waals surface area (Å²) in [6.45, 7) is 5.10. The third kappa shape index (κ3) is 3.35. The second kappa shape index (κ2) is 7.36. The Balaban J connectivity index is 1.96. The third-order valence-corrected chi connectivity index (χ3v) is 4.24. The molecule has 28 heavy (non-hydrogen) atoms. The van der Waals surface area contributed by atoms with E-state index in [1.165, 1.54) is 18.2 Å². The van der Waals surface area contributed by atoms with Gasteiger partial charge in [-0.3, -0.25) is 19.8 Å². The quantitative estimate of drug-likeness (QED) is 0.468. The Bertz CT molecular complexity index is 1050. The minimum absolute atomic E-state index is 0.0418. The summed E-state index contributed by atoms with van der Waals surface area (Å²) in [5.74, 6) is -2.03. The van der Waals surface area contributed by atoms with Gasteiger partial charge in [-0.2, -0.15) is 0 Å². The van der Waals surface area contributed by atoms with Gasteiger partial charge in [0.05, 0.1) is 5.56 Å². The van der Waals surface area contributed by atoms with Crippen molar-refractivity contribution in [2.75, 3.05) is 6.54 Å². The molecule has 0 bridgehead atoms. The van der Waals surface area contributed by atoms with Crippen LogP contribution in [0.15, 0.2) is 53.0 Å². The van der Waals surface area contributed by atoms with Gasteiger partial charge in [-0.05, 0) is 36.8 Å². The molecule has 2 aromatic rings. The molecule has 4 amide bonds. The first kappa shape index (κ1) is 18.8. The van der Waals surface area contributed by atoms with Crippen LogP contribution in [0, 0.1) is 6.92 Å². The van der Waals surface area contributed by atoms with Crippen LogP contribution < -0.4 is 5.32 Å². The fourth-order valence-electron chi connectivity index (χ4n) is 2.84. The van der Waals surface area contributed by atoms with Gasteiger partial charge in [-0.1, -0.05) is 18.2 Å². The number of carboxylic acid groups (broad SMARTS) is 1.